The normalized spacial score (nSPS) is 14.7. The summed E-state index contributed by atoms with van der Waals surface area (Å²) >= 11 is 3.40. The van der Waals surface area contributed by atoms with Gasteiger partial charge in [-0.25, -0.2) is 0 Å². The Balaban J connectivity index is 2.76. The lowest BCUT2D eigenvalue weighted by molar-refractivity contribution is 0.0912. The number of aryl methyl sites for hydroxylation is 1. The fraction of sp³-hybridized carbons (Fsp3) is 0.545. The Hall–Kier alpha value is -0.770. The van der Waals surface area contributed by atoms with Crippen molar-refractivity contribution in [2.75, 3.05) is 5.33 Å². The average molecular weight is 274 g/mol. The molecule has 0 saturated carbocycles. The van der Waals surface area contributed by atoms with Gasteiger partial charge < -0.3 is 9.73 Å². The van der Waals surface area contributed by atoms with E-state index in [1.165, 1.54) is 6.26 Å². The number of furan rings is 1. The van der Waals surface area contributed by atoms with Gasteiger partial charge in [0, 0.05) is 10.9 Å². The Labute approximate surface area is 98.4 Å². The lowest BCUT2D eigenvalue weighted by Crippen LogP contribution is -2.47. The van der Waals surface area contributed by atoms with Gasteiger partial charge in [-0.05, 0) is 26.3 Å². The van der Waals surface area contributed by atoms with E-state index in [1.807, 2.05) is 13.8 Å². The molecule has 0 aliphatic rings. The van der Waals surface area contributed by atoms with Gasteiger partial charge in [-0.15, -0.1) is 0 Å². The number of nitrogens with one attached hydrogen (secondary N) is 1. The monoisotopic (exact) mass is 273 g/mol. The summed E-state index contributed by atoms with van der Waals surface area (Å²) in [5, 5.41) is 3.73. The largest absolute Gasteiger partial charge is 0.469 e. The van der Waals surface area contributed by atoms with Crippen molar-refractivity contribution in [3.63, 3.8) is 0 Å². The maximum atomic E-state index is 11.9. The molecular weight excluding hydrogens is 258 g/mol. The van der Waals surface area contributed by atoms with Gasteiger partial charge in [0.05, 0.1) is 11.8 Å². The van der Waals surface area contributed by atoms with E-state index in [4.69, 9.17) is 4.42 Å². The number of hydrogen-bond donors (Lipinski definition) is 1. The van der Waals surface area contributed by atoms with Crippen LogP contribution in [0.3, 0.4) is 0 Å². The Morgan fingerprint density at radius 2 is 2.33 bits per heavy atom. The summed E-state index contributed by atoms with van der Waals surface area (Å²) in [6.07, 6.45) is 2.41. The first-order valence-electron chi connectivity index (χ1n) is 4.95. The van der Waals surface area contributed by atoms with Crippen LogP contribution in [-0.4, -0.2) is 16.8 Å². The molecule has 0 radical (unpaired) electrons. The second kappa shape index (κ2) is 4.84. The van der Waals surface area contributed by atoms with Crippen LogP contribution in [0.5, 0.6) is 0 Å². The zero-order valence-corrected chi connectivity index (χ0v) is 10.8. The molecule has 1 amide bonds. The first-order chi connectivity index (χ1) is 7.02. The second-order valence-electron chi connectivity index (χ2n) is 3.89. The molecular formula is C11H16BrNO2. The van der Waals surface area contributed by atoms with Crippen molar-refractivity contribution >= 4 is 21.8 Å². The molecule has 0 bridgehead atoms. The minimum atomic E-state index is -0.208. The van der Waals surface area contributed by atoms with E-state index in [1.54, 1.807) is 13.0 Å². The number of hydrogen-bond acceptors (Lipinski definition) is 2. The van der Waals surface area contributed by atoms with Gasteiger partial charge in [-0.1, -0.05) is 22.9 Å². The summed E-state index contributed by atoms with van der Waals surface area (Å²) in [5.74, 6) is 0.575. The molecule has 1 aromatic rings. The van der Waals surface area contributed by atoms with E-state index in [2.05, 4.69) is 21.2 Å². The molecule has 3 nitrogen and oxygen atoms in total. The summed E-state index contributed by atoms with van der Waals surface area (Å²) < 4.78 is 5.09. The van der Waals surface area contributed by atoms with Crippen molar-refractivity contribution in [1.29, 1.82) is 0 Å². The number of rotatable bonds is 4. The molecule has 1 rings (SSSR count). The molecule has 84 valence electrons. The fourth-order valence-corrected chi connectivity index (χ4v) is 1.71. The highest BCUT2D eigenvalue weighted by Gasteiger charge is 2.24. The number of carbonyl (C=O) groups excluding carboxylic acids is 1. The zero-order chi connectivity index (χ0) is 11.5. The van der Waals surface area contributed by atoms with Crippen LogP contribution in [0, 0.1) is 6.92 Å². The van der Waals surface area contributed by atoms with Crippen molar-refractivity contribution in [3.8, 4) is 0 Å². The van der Waals surface area contributed by atoms with Gasteiger partial charge in [-0.3, -0.25) is 4.79 Å². The van der Waals surface area contributed by atoms with Crippen molar-refractivity contribution < 1.29 is 9.21 Å². The van der Waals surface area contributed by atoms with Crippen molar-refractivity contribution in [3.05, 3.63) is 23.7 Å². The SMILES string of the molecule is CCC(C)(CBr)NC(=O)c1ccoc1C. The van der Waals surface area contributed by atoms with Gasteiger partial charge >= 0.3 is 0 Å². The number of amides is 1. The van der Waals surface area contributed by atoms with Gasteiger partial charge in [0.1, 0.15) is 5.76 Å². The minimum absolute atomic E-state index is 0.0787. The topological polar surface area (TPSA) is 42.2 Å². The molecule has 15 heavy (non-hydrogen) atoms. The average Bonchev–Trinajstić information content (AvgIpc) is 2.64. The van der Waals surface area contributed by atoms with Crippen molar-refractivity contribution in [2.45, 2.75) is 32.7 Å². The molecule has 0 spiro atoms. The molecule has 0 saturated heterocycles. The number of alkyl halides is 1. The maximum absolute atomic E-state index is 11.9. The van der Waals surface area contributed by atoms with E-state index in [0.717, 1.165) is 11.8 Å². The highest BCUT2D eigenvalue weighted by molar-refractivity contribution is 9.09. The van der Waals surface area contributed by atoms with Crippen LogP contribution in [0.2, 0.25) is 0 Å². The molecule has 0 aliphatic carbocycles. The molecule has 1 aromatic heterocycles. The zero-order valence-electron chi connectivity index (χ0n) is 9.26. The van der Waals surface area contributed by atoms with E-state index in [9.17, 15) is 4.79 Å². The summed E-state index contributed by atoms with van der Waals surface area (Å²) in [6, 6.07) is 1.69. The van der Waals surface area contributed by atoms with Crippen LogP contribution in [0.15, 0.2) is 16.7 Å². The van der Waals surface area contributed by atoms with E-state index < -0.39 is 0 Å². The van der Waals surface area contributed by atoms with E-state index >= 15 is 0 Å². The molecule has 4 heteroatoms. The third-order valence-electron chi connectivity index (χ3n) is 2.59. The van der Waals surface area contributed by atoms with Crippen LogP contribution < -0.4 is 5.32 Å². The highest BCUT2D eigenvalue weighted by atomic mass is 79.9. The predicted molar refractivity (Wildman–Crippen MR) is 63.4 cm³/mol. The minimum Gasteiger partial charge on any atom is -0.469 e. The Morgan fingerprint density at radius 1 is 1.67 bits per heavy atom. The second-order valence-corrected chi connectivity index (χ2v) is 4.45. The Morgan fingerprint density at radius 3 is 2.73 bits per heavy atom. The highest BCUT2D eigenvalue weighted by Crippen LogP contribution is 2.15. The van der Waals surface area contributed by atoms with Gasteiger partial charge in [0.25, 0.3) is 5.91 Å². The summed E-state index contributed by atoms with van der Waals surface area (Å²) in [4.78, 5) is 11.9. The maximum Gasteiger partial charge on any atom is 0.255 e. The lowest BCUT2D eigenvalue weighted by atomic mass is 10.0. The third-order valence-corrected chi connectivity index (χ3v) is 3.83. The molecule has 1 unspecified atom stereocenters. The van der Waals surface area contributed by atoms with Crippen LogP contribution in [0.4, 0.5) is 0 Å². The Bertz CT molecular complexity index is 342. The van der Waals surface area contributed by atoms with Crippen LogP contribution >= 0.6 is 15.9 Å². The van der Waals surface area contributed by atoms with E-state index in [0.29, 0.717) is 11.3 Å². The first kappa shape index (κ1) is 12.3. The number of halogens is 1. The quantitative estimate of drug-likeness (QED) is 0.858. The van der Waals surface area contributed by atoms with Gasteiger partial charge in [0.15, 0.2) is 0 Å². The standard InChI is InChI=1S/C11H16BrNO2/c1-4-11(3,7-12)13-10(14)9-5-6-15-8(9)2/h5-6H,4,7H2,1-3H3,(H,13,14). The third kappa shape index (κ3) is 2.84. The first-order valence-corrected chi connectivity index (χ1v) is 6.07. The summed E-state index contributed by atoms with van der Waals surface area (Å²) in [7, 11) is 0. The molecule has 1 heterocycles. The Kier molecular flexibility index (Phi) is 3.97. The predicted octanol–water partition coefficient (Wildman–Crippen LogP) is 2.88. The lowest BCUT2D eigenvalue weighted by Gasteiger charge is -2.27. The fourth-order valence-electron chi connectivity index (χ4n) is 1.18. The van der Waals surface area contributed by atoms with Crippen molar-refractivity contribution in [2.24, 2.45) is 0 Å². The number of carbonyl (C=O) groups is 1. The summed E-state index contributed by atoms with van der Waals surface area (Å²) in [6.45, 7) is 5.84. The smallest absolute Gasteiger partial charge is 0.255 e. The van der Waals surface area contributed by atoms with Crippen LogP contribution in [0.1, 0.15) is 36.4 Å². The molecule has 0 aromatic carbocycles. The van der Waals surface area contributed by atoms with Crippen LogP contribution in [0.25, 0.3) is 0 Å². The van der Waals surface area contributed by atoms with Gasteiger partial charge in [-0.2, -0.15) is 0 Å². The van der Waals surface area contributed by atoms with E-state index in [-0.39, 0.29) is 11.4 Å². The van der Waals surface area contributed by atoms with Gasteiger partial charge in [0.2, 0.25) is 0 Å². The van der Waals surface area contributed by atoms with Crippen molar-refractivity contribution in [1.82, 2.24) is 5.32 Å². The molecule has 0 aliphatic heterocycles. The van der Waals surface area contributed by atoms with Crippen LogP contribution in [-0.2, 0) is 0 Å². The molecule has 0 fully saturated rings. The molecule has 1 atom stereocenters. The summed E-state index contributed by atoms with van der Waals surface area (Å²) in [5.41, 5.74) is 0.400. The molecule has 1 N–H and O–H groups in total.